The second-order valence-corrected chi connectivity index (χ2v) is 5.93. The smallest absolute Gasteiger partial charge is 0.240 e. The van der Waals surface area contributed by atoms with Gasteiger partial charge in [0.1, 0.15) is 5.01 Å². The molecule has 1 rings (SSSR count). The number of alkyl halides is 1. The summed E-state index contributed by atoms with van der Waals surface area (Å²) >= 11 is 4.79. The Morgan fingerprint density at radius 2 is 2.19 bits per heavy atom. The highest BCUT2D eigenvalue weighted by Gasteiger charge is 2.19. The van der Waals surface area contributed by atoms with E-state index < -0.39 is 0 Å². The Kier molecular flexibility index (Phi) is 5.34. The molecule has 0 fully saturated rings. The minimum Gasteiger partial charge on any atom is -0.300 e. The highest BCUT2D eigenvalue weighted by atomic mass is 79.9. The van der Waals surface area contributed by atoms with Gasteiger partial charge in [-0.2, -0.15) is 0 Å². The second kappa shape index (κ2) is 6.30. The number of anilines is 1. The Morgan fingerprint density at radius 1 is 1.50 bits per heavy atom. The molecule has 1 heterocycles. The summed E-state index contributed by atoms with van der Waals surface area (Å²) in [6.45, 7) is 6.07. The summed E-state index contributed by atoms with van der Waals surface area (Å²) in [7, 11) is 0. The average molecular weight is 306 g/mol. The maximum absolute atomic E-state index is 11.7. The van der Waals surface area contributed by atoms with Gasteiger partial charge in [0.15, 0.2) is 0 Å². The van der Waals surface area contributed by atoms with Crippen LogP contribution in [0.4, 0.5) is 5.13 Å². The van der Waals surface area contributed by atoms with Crippen molar-refractivity contribution in [3.63, 3.8) is 0 Å². The SMILES string of the molecule is CCCc1nnc(NC(=O)C(Br)C(C)C)s1. The predicted octanol–water partition coefficient (Wildman–Crippen LogP) is 2.85. The van der Waals surface area contributed by atoms with Crippen LogP contribution in [0.3, 0.4) is 0 Å². The number of aryl methyl sites for hydroxylation is 1. The molecule has 0 radical (unpaired) electrons. The van der Waals surface area contributed by atoms with Gasteiger partial charge in [-0.1, -0.05) is 48.0 Å². The zero-order chi connectivity index (χ0) is 12.1. The highest BCUT2D eigenvalue weighted by molar-refractivity contribution is 9.10. The van der Waals surface area contributed by atoms with Crippen molar-refractivity contribution < 1.29 is 4.79 Å². The third-order valence-electron chi connectivity index (χ3n) is 2.00. The van der Waals surface area contributed by atoms with Crippen LogP contribution in [0, 0.1) is 5.92 Å². The van der Waals surface area contributed by atoms with E-state index in [-0.39, 0.29) is 16.7 Å². The van der Waals surface area contributed by atoms with Crippen molar-refractivity contribution in [3.8, 4) is 0 Å². The fourth-order valence-corrected chi connectivity index (χ4v) is 2.05. The summed E-state index contributed by atoms with van der Waals surface area (Å²) in [5.74, 6) is 0.192. The third-order valence-corrected chi connectivity index (χ3v) is 4.37. The molecule has 0 aliphatic rings. The van der Waals surface area contributed by atoms with Crippen LogP contribution in [0.2, 0.25) is 0 Å². The molecule has 1 amide bonds. The zero-order valence-electron chi connectivity index (χ0n) is 9.66. The molecule has 1 aromatic rings. The van der Waals surface area contributed by atoms with Crippen LogP contribution in [-0.2, 0) is 11.2 Å². The van der Waals surface area contributed by atoms with Crippen molar-refractivity contribution >= 4 is 38.3 Å². The first kappa shape index (κ1) is 13.6. The van der Waals surface area contributed by atoms with E-state index >= 15 is 0 Å². The van der Waals surface area contributed by atoms with E-state index in [4.69, 9.17) is 0 Å². The summed E-state index contributed by atoms with van der Waals surface area (Å²) in [6.07, 6.45) is 1.95. The molecule has 0 saturated carbocycles. The predicted molar refractivity (Wildman–Crippen MR) is 70.1 cm³/mol. The molecule has 90 valence electrons. The molecule has 1 atom stereocenters. The highest BCUT2D eigenvalue weighted by Crippen LogP contribution is 2.19. The first-order chi connectivity index (χ1) is 7.54. The van der Waals surface area contributed by atoms with Crippen LogP contribution < -0.4 is 5.32 Å². The van der Waals surface area contributed by atoms with Gasteiger partial charge in [0, 0.05) is 6.42 Å². The van der Waals surface area contributed by atoms with Gasteiger partial charge in [-0.3, -0.25) is 10.1 Å². The lowest BCUT2D eigenvalue weighted by molar-refractivity contribution is -0.116. The molecular formula is C10H16BrN3OS. The van der Waals surface area contributed by atoms with Crippen LogP contribution >= 0.6 is 27.3 Å². The standard InChI is InChI=1S/C10H16BrN3OS/c1-4-5-7-13-14-10(16-7)12-9(15)8(11)6(2)3/h6,8H,4-5H2,1-3H3,(H,12,14,15). The Bertz CT molecular complexity index is 354. The van der Waals surface area contributed by atoms with E-state index in [1.54, 1.807) is 0 Å². The van der Waals surface area contributed by atoms with Crippen molar-refractivity contribution in [2.45, 2.75) is 38.4 Å². The number of rotatable bonds is 5. The summed E-state index contributed by atoms with van der Waals surface area (Å²) in [5, 5.41) is 12.2. The average Bonchev–Trinajstić information content (AvgIpc) is 2.65. The third kappa shape index (κ3) is 3.83. The first-order valence-electron chi connectivity index (χ1n) is 5.32. The van der Waals surface area contributed by atoms with Gasteiger partial charge < -0.3 is 0 Å². The quantitative estimate of drug-likeness (QED) is 0.851. The molecule has 0 aromatic carbocycles. The molecule has 0 saturated heterocycles. The summed E-state index contributed by atoms with van der Waals surface area (Å²) in [4.78, 5) is 11.5. The largest absolute Gasteiger partial charge is 0.300 e. The summed E-state index contributed by atoms with van der Waals surface area (Å²) < 4.78 is 0. The molecule has 0 aliphatic carbocycles. The Hall–Kier alpha value is -0.490. The topological polar surface area (TPSA) is 54.9 Å². The van der Waals surface area contributed by atoms with Gasteiger partial charge in [0.25, 0.3) is 0 Å². The van der Waals surface area contributed by atoms with E-state index in [1.165, 1.54) is 11.3 Å². The second-order valence-electron chi connectivity index (χ2n) is 3.89. The van der Waals surface area contributed by atoms with E-state index in [1.807, 2.05) is 13.8 Å². The number of carbonyl (C=O) groups is 1. The normalized spacial score (nSPS) is 12.8. The number of carbonyl (C=O) groups excluding carboxylic acids is 1. The van der Waals surface area contributed by atoms with Crippen LogP contribution in [0.25, 0.3) is 0 Å². The van der Waals surface area contributed by atoms with Crippen molar-refractivity contribution in [1.82, 2.24) is 10.2 Å². The number of aromatic nitrogens is 2. The maximum atomic E-state index is 11.7. The molecule has 16 heavy (non-hydrogen) atoms. The lowest BCUT2D eigenvalue weighted by atomic mass is 10.1. The minimum atomic E-state index is -0.189. The van der Waals surface area contributed by atoms with Crippen LogP contribution in [0.5, 0.6) is 0 Å². The number of nitrogens with zero attached hydrogens (tertiary/aromatic N) is 2. The Morgan fingerprint density at radius 3 is 2.75 bits per heavy atom. The van der Waals surface area contributed by atoms with E-state index in [0.717, 1.165) is 17.8 Å². The summed E-state index contributed by atoms with van der Waals surface area (Å²) in [6, 6.07) is 0. The number of nitrogens with one attached hydrogen (secondary N) is 1. The van der Waals surface area contributed by atoms with Gasteiger partial charge >= 0.3 is 0 Å². The molecule has 0 bridgehead atoms. The van der Waals surface area contributed by atoms with Gasteiger partial charge in [0.05, 0.1) is 4.83 Å². The van der Waals surface area contributed by atoms with Crippen molar-refractivity contribution in [1.29, 1.82) is 0 Å². The molecule has 4 nitrogen and oxygen atoms in total. The molecule has 0 aliphatic heterocycles. The molecule has 0 spiro atoms. The van der Waals surface area contributed by atoms with Crippen molar-refractivity contribution in [3.05, 3.63) is 5.01 Å². The number of halogens is 1. The monoisotopic (exact) mass is 305 g/mol. The lowest BCUT2D eigenvalue weighted by Gasteiger charge is -2.11. The fraction of sp³-hybridized carbons (Fsp3) is 0.700. The van der Waals surface area contributed by atoms with Crippen molar-refractivity contribution in [2.75, 3.05) is 5.32 Å². The lowest BCUT2D eigenvalue weighted by Crippen LogP contribution is -2.26. The Balaban J connectivity index is 2.56. The summed E-state index contributed by atoms with van der Waals surface area (Å²) in [5.41, 5.74) is 0. The van der Waals surface area contributed by atoms with E-state index in [9.17, 15) is 4.79 Å². The van der Waals surface area contributed by atoms with Crippen molar-refractivity contribution in [2.24, 2.45) is 5.92 Å². The fourth-order valence-electron chi connectivity index (χ4n) is 1.10. The molecule has 6 heteroatoms. The number of amides is 1. The van der Waals surface area contributed by atoms with E-state index in [0.29, 0.717) is 5.13 Å². The van der Waals surface area contributed by atoms with E-state index in [2.05, 4.69) is 38.4 Å². The van der Waals surface area contributed by atoms with Gasteiger partial charge in [-0.15, -0.1) is 10.2 Å². The van der Waals surface area contributed by atoms with Crippen LogP contribution in [0.1, 0.15) is 32.2 Å². The van der Waals surface area contributed by atoms with Crippen LogP contribution in [0.15, 0.2) is 0 Å². The minimum absolute atomic E-state index is 0.0609. The van der Waals surface area contributed by atoms with Gasteiger partial charge in [-0.05, 0) is 12.3 Å². The molecular weight excluding hydrogens is 290 g/mol. The number of hydrogen-bond acceptors (Lipinski definition) is 4. The van der Waals surface area contributed by atoms with Crippen LogP contribution in [-0.4, -0.2) is 20.9 Å². The molecule has 1 aromatic heterocycles. The molecule has 1 unspecified atom stereocenters. The zero-order valence-corrected chi connectivity index (χ0v) is 12.1. The van der Waals surface area contributed by atoms with Gasteiger partial charge in [0.2, 0.25) is 11.0 Å². The Labute approximate surface area is 108 Å². The molecule has 1 N–H and O–H groups in total. The maximum Gasteiger partial charge on any atom is 0.240 e. The first-order valence-corrected chi connectivity index (χ1v) is 7.05. The number of hydrogen-bond donors (Lipinski definition) is 1. The van der Waals surface area contributed by atoms with Gasteiger partial charge in [-0.25, -0.2) is 0 Å².